The van der Waals surface area contributed by atoms with Crippen molar-refractivity contribution in [3.05, 3.63) is 33.3 Å². The topological polar surface area (TPSA) is 26.3 Å². The fourth-order valence-corrected chi connectivity index (χ4v) is 4.28. The van der Waals surface area contributed by atoms with Gasteiger partial charge in [0.25, 0.3) is 0 Å². The van der Waals surface area contributed by atoms with Crippen molar-refractivity contribution in [3.8, 4) is 0 Å². The minimum absolute atomic E-state index is 0.350. The van der Waals surface area contributed by atoms with Crippen LogP contribution in [0, 0.1) is 6.92 Å². The normalized spacial score (nSPS) is 17.5. The van der Waals surface area contributed by atoms with Crippen molar-refractivity contribution >= 4 is 33.5 Å². The van der Waals surface area contributed by atoms with Crippen molar-refractivity contribution in [1.29, 1.82) is 0 Å². The summed E-state index contributed by atoms with van der Waals surface area (Å²) in [5.74, 6) is 0.245. The lowest BCUT2D eigenvalue weighted by Crippen LogP contribution is -2.13. The van der Waals surface area contributed by atoms with Crippen LogP contribution in [0.3, 0.4) is 0 Å². The molecule has 0 aromatic heterocycles. The Morgan fingerprint density at radius 3 is 2.62 bits per heavy atom. The molecule has 1 fully saturated rings. The third-order valence-corrected chi connectivity index (χ3v) is 5.24. The molecule has 1 unspecified atom stereocenters. The van der Waals surface area contributed by atoms with Gasteiger partial charge < -0.3 is 4.74 Å². The molecule has 116 valence electrons. The number of alkyl halides is 1. The fraction of sp³-hybridized carbons (Fsp3) is 0.588. The Hall–Kier alpha value is -0.540. The van der Waals surface area contributed by atoms with Crippen molar-refractivity contribution in [2.75, 3.05) is 6.61 Å². The summed E-state index contributed by atoms with van der Waals surface area (Å²) in [6.07, 6.45) is 6.46. The molecule has 1 aromatic carbocycles. The minimum Gasteiger partial charge on any atom is -0.465 e. The molecule has 1 saturated carbocycles. The third-order valence-electron chi connectivity index (χ3n) is 4.16. The van der Waals surface area contributed by atoms with Gasteiger partial charge in [-0.25, -0.2) is 0 Å². The molecule has 0 radical (unpaired) electrons. The molecule has 2 rings (SSSR count). The predicted molar refractivity (Wildman–Crippen MR) is 89.9 cm³/mol. The van der Waals surface area contributed by atoms with Gasteiger partial charge in [-0.15, -0.1) is 11.6 Å². The Kier molecular flexibility index (Phi) is 6.12. The van der Waals surface area contributed by atoms with Gasteiger partial charge in [0, 0.05) is 4.47 Å². The molecule has 0 heterocycles. The molecule has 1 aromatic rings. The maximum absolute atomic E-state index is 11.8. The SMILES string of the molecule is CCOC(=O)C(Cl)c1cc(C)c(C2CCCCC2)c(Br)c1. The highest BCUT2D eigenvalue weighted by Gasteiger charge is 2.24. The first-order chi connectivity index (χ1) is 10.0. The first-order valence-electron chi connectivity index (χ1n) is 7.65. The minimum atomic E-state index is -0.736. The van der Waals surface area contributed by atoms with E-state index in [2.05, 4.69) is 22.9 Å². The highest BCUT2D eigenvalue weighted by molar-refractivity contribution is 9.10. The van der Waals surface area contributed by atoms with Crippen LogP contribution in [0.25, 0.3) is 0 Å². The van der Waals surface area contributed by atoms with E-state index >= 15 is 0 Å². The van der Waals surface area contributed by atoms with Crippen LogP contribution in [-0.2, 0) is 9.53 Å². The lowest BCUT2D eigenvalue weighted by Gasteiger charge is -2.25. The van der Waals surface area contributed by atoms with E-state index in [1.54, 1.807) is 6.92 Å². The second kappa shape index (κ2) is 7.64. The molecule has 0 spiro atoms. The van der Waals surface area contributed by atoms with Gasteiger partial charge in [-0.2, -0.15) is 0 Å². The molecule has 1 atom stereocenters. The van der Waals surface area contributed by atoms with E-state index in [0.29, 0.717) is 12.5 Å². The van der Waals surface area contributed by atoms with E-state index in [4.69, 9.17) is 16.3 Å². The van der Waals surface area contributed by atoms with Gasteiger partial charge in [-0.3, -0.25) is 4.79 Å². The number of hydrogen-bond acceptors (Lipinski definition) is 2. The summed E-state index contributed by atoms with van der Waals surface area (Å²) in [5, 5.41) is -0.736. The highest BCUT2D eigenvalue weighted by Crippen LogP contribution is 2.40. The maximum Gasteiger partial charge on any atom is 0.328 e. The predicted octanol–water partition coefficient (Wildman–Crippen LogP) is 5.65. The fourth-order valence-electron chi connectivity index (χ4n) is 3.19. The standard InChI is InChI=1S/C17H22BrClO2/c1-3-21-17(20)16(19)13-9-11(2)15(14(18)10-13)12-7-5-4-6-8-12/h9-10,12,16H,3-8H2,1-2H3. The summed E-state index contributed by atoms with van der Waals surface area (Å²) < 4.78 is 6.07. The summed E-state index contributed by atoms with van der Waals surface area (Å²) in [6, 6.07) is 4.01. The molecule has 0 saturated heterocycles. The largest absolute Gasteiger partial charge is 0.465 e. The molecular weight excluding hydrogens is 352 g/mol. The van der Waals surface area contributed by atoms with Gasteiger partial charge in [-0.1, -0.05) is 41.3 Å². The Morgan fingerprint density at radius 1 is 1.38 bits per heavy atom. The number of hydrogen-bond donors (Lipinski definition) is 0. The second-order valence-corrected chi connectivity index (χ2v) is 6.97. The first-order valence-corrected chi connectivity index (χ1v) is 8.88. The second-order valence-electron chi connectivity index (χ2n) is 5.68. The molecule has 4 heteroatoms. The summed E-state index contributed by atoms with van der Waals surface area (Å²) in [6.45, 7) is 4.24. The van der Waals surface area contributed by atoms with Crippen LogP contribution in [-0.4, -0.2) is 12.6 Å². The summed E-state index contributed by atoms with van der Waals surface area (Å²) in [4.78, 5) is 11.8. The van der Waals surface area contributed by atoms with Crippen LogP contribution >= 0.6 is 27.5 Å². The molecule has 0 bridgehead atoms. The van der Waals surface area contributed by atoms with E-state index in [1.807, 2.05) is 12.1 Å². The van der Waals surface area contributed by atoms with Crippen LogP contribution < -0.4 is 0 Å². The number of esters is 1. The molecule has 0 amide bonds. The summed E-state index contributed by atoms with van der Waals surface area (Å²) in [5.41, 5.74) is 3.39. The van der Waals surface area contributed by atoms with Gasteiger partial charge in [0.1, 0.15) is 0 Å². The zero-order valence-corrected chi connectivity index (χ0v) is 15.0. The van der Waals surface area contributed by atoms with Gasteiger partial charge in [-0.05, 0) is 55.4 Å². The van der Waals surface area contributed by atoms with Crippen molar-refractivity contribution in [1.82, 2.24) is 0 Å². The Bertz CT molecular complexity index is 487. The first kappa shape index (κ1) is 16.8. The Balaban J connectivity index is 2.26. The van der Waals surface area contributed by atoms with Gasteiger partial charge in [0.2, 0.25) is 0 Å². The van der Waals surface area contributed by atoms with Crippen molar-refractivity contribution in [2.24, 2.45) is 0 Å². The van der Waals surface area contributed by atoms with E-state index < -0.39 is 5.38 Å². The van der Waals surface area contributed by atoms with Crippen molar-refractivity contribution in [2.45, 2.75) is 57.2 Å². The average Bonchev–Trinajstić information content (AvgIpc) is 2.47. The number of carbonyl (C=O) groups excluding carboxylic acids is 1. The number of carbonyl (C=O) groups is 1. The lowest BCUT2D eigenvalue weighted by atomic mass is 9.82. The van der Waals surface area contributed by atoms with E-state index in [1.165, 1.54) is 43.2 Å². The Morgan fingerprint density at radius 2 is 2.05 bits per heavy atom. The highest BCUT2D eigenvalue weighted by atomic mass is 79.9. The maximum atomic E-state index is 11.8. The third kappa shape index (κ3) is 4.01. The van der Waals surface area contributed by atoms with E-state index in [9.17, 15) is 4.79 Å². The lowest BCUT2D eigenvalue weighted by molar-refractivity contribution is -0.142. The quantitative estimate of drug-likeness (QED) is 0.503. The van der Waals surface area contributed by atoms with Crippen molar-refractivity contribution in [3.63, 3.8) is 0 Å². The molecule has 2 nitrogen and oxygen atoms in total. The van der Waals surface area contributed by atoms with Crippen molar-refractivity contribution < 1.29 is 9.53 Å². The van der Waals surface area contributed by atoms with E-state index in [0.717, 1.165) is 10.0 Å². The van der Waals surface area contributed by atoms with Crippen LogP contribution in [0.1, 0.15) is 67.0 Å². The van der Waals surface area contributed by atoms with E-state index in [-0.39, 0.29) is 5.97 Å². The smallest absolute Gasteiger partial charge is 0.328 e. The van der Waals surface area contributed by atoms with Crippen LogP contribution in [0.15, 0.2) is 16.6 Å². The van der Waals surface area contributed by atoms with Gasteiger partial charge in [0.15, 0.2) is 5.38 Å². The van der Waals surface area contributed by atoms with Crippen LogP contribution in [0.2, 0.25) is 0 Å². The Labute approximate surface area is 140 Å². The molecule has 0 aliphatic heterocycles. The van der Waals surface area contributed by atoms with Gasteiger partial charge in [0.05, 0.1) is 6.61 Å². The average molecular weight is 374 g/mol. The molecule has 21 heavy (non-hydrogen) atoms. The number of rotatable bonds is 4. The van der Waals surface area contributed by atoms with Gasteiger partial charge >= 0.3 is 5.97 Å². The number of benzene rings is 1. The monoisotopic (exact) mass is 372 g/mol. The summed E-state index contributed by atoms with van der Waals surface area (Å²) >= 11 is 9.90. The summed E-state index contributed by atoms with van der Waals surface area (Å²) in [7, 11) is 0. The zero-order valence-electron chi connectivity index (χ0n) is 12.6. The number of halogens is 2. The molecule has 0 N–H and O–H groups in total. The van der Waals surface area contributed by atoms with Crippen LogP contribution in [0.4, 0.5) is 0 Å². The number of ether oxygens (including phenoxy) is 1. The molecule has 1 aliphatic carbocycles. The van der Waals surface area contributed by atoms with Crippen LogP contribution in [0.5, 0.6) is 0 Å². The zero-order chi connectivity index (χ0) is 15.4. The number of aryl methyl sites for hydroxylation is 1. The molecule has 1 aliphatic rings. The molecular formula is C17H22BrClO2.